The van der Waals surface area contributed by atoms with Gasteiger partial charge in [0.2, 0.25) is 0 Å². The van der Waals surface area contributed by atoms with Crippen molar-refractivity contribution in [3.63, 3.8) is 0 Å². The zero-order chi connectivity index (χ0) is 15.8. The standard InChI is InChI=1S/C13H11Br2FN2O2S/c1-7-4-9(17)6-12(13(7)16)21(19,20)18-11-5-8(14)2-3-10(11)15/h2-6,18H,17H2,1H3. The number of anilines is 2. The molecular weight excluding hydrogens is 427 g/mol. The lowest BCUT2D eigenvalue weighted by atomic mass is 10.2. The van der Waals surface area contributed by atoms with Gasteiger partial charge in [-0.05, 0) is 58.7 Å². The molecule has 112 valence electrons. The number of sulfonamides is 1. The lowest BCUT2D eigenvalue weighted by Crippen LogP contribution is -2.16. The summed E-state index contributed by atoms with van der Waals surface area (Å²) in [4.78, 5) is -0.480. The Kier molecular flexibility index (Phi) is 4.60. The summed E-state index contributed by atoms with van der Waals surface area (Å²) in [6.45, 7) is 1.46. The summed E-state index contributed by atoms with van der Waals surface area (Å²) < 4.78 is 42.3. The normalized spacial score (nSPS) is 11.4. The summed E-state index contributed by atoms with van der Waals surface area (Å²) in [6.07, 6.45) is 0. The van der Waals surface area contributed by atoms with Crippen LogP contribution >= 0.6 is 31.9 Å². The van der Waals surface area contributed by atoms with Gasteiger partial charge in [0, 0.05) is 14.6 Å². The number of hydrogen-bond acceptors (Lipinski definition) is 3. The van der Waals surface area contributed by atoms with Crippen molar-refractivity contribution in [1.29, 1.82) is 0 Å². The van der Waals surface area contributed by atoms with E-state index in [1.54, 1.807) is 18.2 Å². The molecule has 3 N–H and O–H groups in total. The SMILES string of the molecule is Cc1cc(N)cc(S(=O)(=O)Nc2cc(Br)ccc2Br)c1F. The Hall–Kier alpha value is -1.12. The summed E-state index contributed by atoms with van der Waals surface area (Å²) >= 11 is 6.48. The van der Waals surface area contributed by atoms with Gasteiger partial charge < -0.3 is 5.73 Å². The molecule has 0 radical (unpaired) electrons. The number of nitrogen functional groups attached to an aromatic ring is 1. The summed E-state index contributed by atoms with van der Waals surface area (Å²) in [6, 6.07) is 7.45. The van der Waals surface area contributed by atoms with Crippen LogP contribution < -0.4 is 10.5 Å². The van der Waals surface area contributed by atoms with Crippen molar-refractivity contribution in [3.05, 3.63) is 50.7 Å². The second kappa shape index (κ2) is 5.94. The van der Waals surface area contributed by atoms with E-state index in [0.29, 0.717) is 14.6 Å². The van der Waals surface area contributed by atoms with E-state index in [0.717, 1.165) is 6.07 Å². The van der Waals surface area contributed by atoms with Crippen LogP contribution in [0.5, 0.6) is 0 Å². The molecule has 0 fully saturated rings. The molecule has 0 spiro atoms. The van der Waals surface area contributed by atoms with Crippen LogP contribution in [0, 0.1) is 12.7 Å². The van der Waals surface area contributed by atoms with Gasteiger partial charge in [0.15, 0.2) is 0 Å². The van der Waals surface area contributed by atoms with E-state index < -0.39 is 20.7 Å². The fourth-order valence-electron chi connectivity index (χ4n) is 1.74. The van der Waals surface area contributed by atoms with Gasteiger partial charge in [-0.15, -0.1) is 0 Å². The van der Waals surface area contributed by atoms with Crippen LogP contribution in [-0.4, -0.2) is 8.42 Å². The fraction of sp³-hybridized carbons (Fsp3) is 0.0769. The minimum atomic E-state index is -4.08. The Morgan fingerprint density at radius 2 is 1.86 bits per heavy atom. The van der Waals surface area contributed by atoms with E-state index >= 15 is 0 Å². The van der Waals surface area contributed by atoms with Crippen molar-refractivity contribution in [3.8, 4) is 0 Å². The Bertz CT molecular complexity index is 810. The van der Waals surface area contributed by atoms with Crippen LogP contribution in [0.25, 0.3) is 0 Å². The molecule has 0 aliphatic rings. The molecule has 0 saturated carbocycles. The van der Waals surface area contributed by atoms with Crippen molar-refractivity contribution < 1.29 is 12.8 Å². The topological polar surface area (TPSA) is 72.2 Å². The molecule has 0 saturated heterocycles. The van der Waals surface area contributed by atoms with Gasteiger partial charge in [0.05, 0.1) is 5.69 Å². The van der Waals surface area contributed by atoms with Crippen molar-refractivity contribution in [2.24, 2.45) is 0 Å². The van der Waals surface area contributed by atoms with E-state index in [2.05, 4.69) is 36.6 Å². The number of aryl methyl sites for hydroxylation is 1. The quantitative estimate of drug-likeness (QED) is 0.711. The highest BCUT2D eigenvalue weighted by atomic mass is 79.9. The molecule has 0 aliphatic heterocycles. The van der Waals surface area contributed by atoms with E-state index in [4.69, 9.17) is 5.73 Å². The monoisotopic (exact) mass is 436 g/mol. The Labute approximate surface area is 138 Å². The van der Waals surface area contributed by atoms with Gasteiger partial charge in [-0.3, -0.25) is 4.72 Å². The average molecular weight is 438 g/mol. The molecule has 0 unspecified atom stereocenters. The molecule has 2 aromatic rings. The predicted molar refractivity (Wildman–Crippen MR) is 88.2 cm³/mol. The van der Waals surface area contributed by atoms with Crippen LogP contribution in [0.2, 0.25) is 0 Å². The molecule has 2 aromatic carbocycles. The second-order valence-electron chi connectivity index (χ2n) is 4.38. The summed E-state index contributed by atoms with van der Waals surface area (Å²) in [5.41, 5.74) is 6.25. The first-order valence-corrected chi connectivity index (χ1v) is 8.81. The van der Waals surface area contributed by atoms with Gasteiger partial charge in [0.25, 0.3) is 10.0 Å². The smallest absolute Gasteiger partial charge is 0.264 e. The maximum atomic E-state index is 14.1. The van der Waals surface area contributed by atoms with Crippen molar-refractivity contribution in [2.75, 3.05) is 10.5 Å². The van der Waals surface area contributed by atoms with Crippen LogP contribution in [0.3, 0.4) is 0 Å². The van der Waals surface area contributed by atoms with Gasteiger partial charge in [-0.1, -0.05) is 15.9 Å². The summed E-state index contributed by atoms with van der Waals surface area (Å²) in [5.74, 6) is -0.817. The lowest BCUT2D eigenvalue weighted by Gasteiger charge is -2.12. The van der Waals surface area contributed by atoms with Gasteiger partial charge in [-0.2, -0.15) is 0 Å². The van der Waals surface area contributed by atoms with Gasteiger partial charge >= 0.3 is 0 Å². The number of nitrogens with one attached hydrogen (secondary N) is 1. The predicted octanol–water partition coefficient (Wildman–Crippen LogP) is 4.04. The Morgan fingerprint density at radius 3 is 2.52 bits per heavy atom. The minimum absolute atomic E-state index is 0.170. The molecule has 21 heavy (non-hydrogen) atoms. The summed E-state index contributed by atoms with van der Waals surface area (Å²) in [7, 11) is -4.08. The third-order valence-electron chi connectivity index (χ3n) is 2.71. The number of nitrogens with two attached hydrogens (primary N) is 1. The molecule has 0 atom stereocenters. The molecular formula is C13H11Br2FN2O2S. The van der Waals surface area contributed by atoms with E-state index in [1.165, 1.54) is 13.0 Å². The third-order valence-corrected chi connectivity index (χ3v) is 5.26. The van der Waals surface area contributed by atoms with Crippen LogP contribution in [0.4, 0.5) is 15.8 Å². The molecule has 0 bridgehead atoms. The zero-order valence-corrected chi connectivity index (χ0v) is 14.8. The fourth-order valence-corrected chi connectivity index (χ4v) is 3.83. The molecule has 0 amide bonds. The Balaban J connectivity index is 2.51. The highest BCUT2D eigenvalue weighted by Gasteiger charge is 2.22. The number of rotatable bonds is 3. The second-order valence-corrected chi connectivity index (χ2v) is 7.80. The van der Waals surface area contributed by atoms with E-state index in [1.807, 2.05) is 0 Å². The molecule has 0 heterocycles. The number of halogens is 3. The van der Waals surface area contributed by atoms with Gasteiger partial charge in [0.1, 0.15) is 10.7 Å². The van der Waals surface area contributed by atoms with E-state index in [9.17, 15) is 12.8 Å². The minimum Gasteiger partial charge on any atom is -0.399 e. The lowest BCUT2D eigenvalue weighted by molar-refractivity contribution is 0.565. The molecule has 8 heteroatoms. The average Bonchev–Trinajstić information content (AvgIpc) is 2.37. The van der Waals surface area contributed by atoms with Crippen molar-refractivity contribution in [1.82, 2.24) is 0 Å². The first kappa shape index (κ1) is 16.3. The number of hydrogen-bond donors (Lipinski definition) is 2. The molecule has 4 nitrogen and oxygen atoms in total. The first-order valence-electron chi connectivity index (χ1n) is 5.74. The number of benzene rings is 2. The first-order chi connectivity index (χ1) is 9.70. The van der Waals surface area contributed by atoms with Gasteiger partial charge in [-0.25, -0.2) is 12.8 Å². The maximum absolute atomic E-state index is 14.1. The maximum Gasteiger partial charge on any atom is 0.264 e. The van der Waals surface area contributed by atoms with Crippen LogP contribution in [-0.2, 0) is 10.0 Å². The molecule has 2 rings (SSSR count). The largest absolute Gasteiger partial charge is 0.399 e. The van der Waals surface area contributed by atoms with E-state index in [-0.39, 0.29) is 11.3 Å². The van der Waals surface area contributed by atoms with Crippen LogP contribution in [0.1, 0.15) is 5.56 Å². The molecule has 0 aromatic heterocycles. The summed E-state index contributed by atoms with van der Waals surface area (Å²) in [5, 5.41) is 0. The highest BCUT2D eigenvalue weighted by molar-refractivity contribution is 9.11. The van der Waals surface area contributed by atoms with Crippen LogP contribution in [0.15, 0.2) is 44.2 Å². The Morgan fingerprint density at radius 1 is 1.19 bits per heavy atom. The zero-order valence-electron chi connectivity index (χ0n) is 10.8. The van der Waals surface area contributed by atoms with Crippen molar-refractivity contribution >= 4 is 53.3 Å². The molecule has 0 aliphatic carbocycles. The highest BCUT2D eigenvalue weighted by Crippen LogP contribution is 2.30. The van der Waals surface area contributed by atoms with Crippen molar-refractivity contribution in [2.45, 2.75) is 11.8 Å². The third kappa shape index (κ3) is 3.56.